The summed E-state index contributed by atoms with van der Waals surface area (Å²) in [5.41, 5.74) is 0.523. The molecule has 2 aromatic rings. The zero-order valence-electron chi connectivity index (χ0n) is 5.96. The van der Waals surface area contributed by atoms with E-state index in [1.807, 2.05) is 0 Å². The van der Waals surface area contributed by atoms with Crippen molar-refractivity contribution in [3.8, 4) is 0 Å². The quantitative estimate of drug-likeness (QED) is 0.462. The molecule has 0 aliphatic rings. The predicted octanol–water partition coefficient (Wildman–Crippen LogP) is 2.42. The van der Waals surface area contributed by atoms with Crippen molar-refractivity contribution >= 4 is 22.5 Å². The Kier molecular flexibility index (Phi) is 1.66. The van der Waals surface area contributed by atoms with Gasteiger partial charge in [0.15, 0.2) is 0 Å². The molecule has 4 heteroatoms. The molecule has 1 heterocycles. The predicted molar refractivity (Wildman–Crippen MR) is 44.5 cm³/mol. The van der Waals surface area contributed by atoms with Gasteiger partial charge >= 0.3 is 6.08 Å². The van der Waals surface area contributed by atoms with Crippen molar-refractivity contribution in [2.45, 2.75) is 0 Å². The highest BCUT2D eigenvalue weighted by atomic mass is 35.5. The van der Waals surface area contributed by atoms with E-state index < -0.39 is 6.08 Å². The van der Waals surface area contributed by atoms with E-state index in [0.717, 1.165) is 0 Å². The van der Waals surface area contributed by atoms with Crippen molar-refractivity contribution in [3.63, 3.8) is 0 Å². The van der Waals surface area contributed by atoms with E-state index in [2.05, 4.69) is 9.97 Å². The van der Waals surface area contributed by atoms with Gasteiger partial charge in [0.05, 0.1) is 5.52 Å². The first-order valence-corrected chi connectivity index (χ1v) is 3.73. The lowest BCUT2D eigenvalue weighted by atomic mass is 10.2. The molecule has 0 fully saturated rings. The molecule has 2 rings (SSSR count). The smallest absolute Gasteiger partial charge is 0.202 e. The van der Waals surface area contributed by atoms with Gasteiger partial charge in [-0.05, 0) is 12.1 Å². The van der Waals surface area contributed by atoms with Gasteiger partial charge in [-0.15, -0.1) is 0 Å². The highest BCUT2D eigenvalue weighted by Crippen LogP contribution is 2.18. The van der Waals surface area contributed by atoms with E-state index in [0.29, 0.717) is 10.9 Å². The van der Waals surface area contributed by atoms with Crippen LogP contribution in [0.2, 0.25) is 5.15 Å². The van der Waals surface area contributed by atoms with Crippen LogP contribution >= 0.6 is 11.6 Å². The fraction of sp³-hybridized carbons (Fsp3) is 0. The zero-order chi connectivity index (χ0) is 8.55. The molecule has 1 aromatic heterocycles. The molecule has 0 N–H and O–H groups in total. The van der Waals surface area contributed by atoms with Crippen LogP contribution in [0.4, 0.5) is 4.39 Å². The Bertz CT molecular complexity index is 430. The summed E-state index contributed by atoms with van der Waals surface area (Å²) in [5.74, 6) is 0. The van der Waals surface area contributed by atoms with Gasteiger partial charge in [-0.1, -0.05) is 23.7 Å². The van der Waals surface area contributed by atoms with Crippen LogP contribution in [0.15, 0.2) is 24.3 Å². The normalized spacial score (nSPS) is 10.5. The van der Waals surface area contributed by atoms with Crippen molar-refractivity contribution in [3.05, 3.63) is 35.5 Å². The molecule has 0 spiro atoms. The van der Waals surface area contributed by atoms with Crippen LogP contribution in [0.5, 0.6) is 0 Å². The summed E-state index contributed by atoms with van der Waals surface area (Å²) in [6.07, 6.45) is -0.793. The fourth-order valence-corrected chi connectivity index (χ4v) is 1.24. The lowest BCUT2D eigenvalue weighted by molar-refractivity contribution is 0.545. The Morgan fingerprint density at radius 3 is 2.75 bits per heavy atom. The molecule has 0 amide bonds. The van der Waals surface area contributed by atoms with Crippen LogP contribution in [-0.2, 0) is 0 Å². The van der Waals surface area contributed by atoms with Crippen molar-refractivity contribution in [1.29, 1.82) is 0 Å². The van der Waals surface area contributed by atoms with Crippen molar-refractivity contribution in [2.75, 3.05) is 0 Å². The van der Waals surface area contributed by atoms with Gasteiger partial charge in [0.1, 0.15) is 5.15 Å². The topological polar surface area (TPSA) is 25.8 Å². The maximum absolute atomic E-state index is 12.6. The fourth-order valence-electron chi connectivity index (χ4n) is 1.01. The van der Waals surface area contributed by atoms with Crippen LogP contribution in [0.1, 0.15) is 0 Å². The van der Waals surface area contributed by atoms with E-state index in [1.54, 1.807) is 24.3 Å². The number of aromatic nitrogens is 2. The monoisotopic (exact) mass is 182 g/mol. The van der Waals surface area contributed by atoms with Crippen molar-refractivity contribution < 1.29 is 4.39 Å². The molecule has 0 bridgehead atoms. The first kappa shape index (κ1) is 7.43. The molecule has 2 nitrogen and oxygen atoms in total. The summed E-state index contributed by atoms with van der Waals surface area (Å²) >= 11 is 5.67. The molecule has 60 valence electrons. The lowest BCUT2D eigenvalue weighted by Crippen LogP contribution is -1.90. The minimum Gasteiger partial charge on any atom is -0.202 e. The van der Waals surface area contributed by atoms with E-state index in [4.69, 9.17) is 11.6 Å². The third-order valence-corrected chi connectivity index (χ3v) is 1.82. The van der Waals surface area contributed by atoms with Crippen LogP contribution in [0, 0.1) is 6.08 Å². The number of benzene rings is 1. The Morgan fingerprint density at radius 2 is 1.92 bits per heavy atom. The van der Waals surface area contributed by atoms with Gasteiger partial charge in [-0.25, -0.2) is 4.98 Å². The maximum atomic E-state index is 12.6. The van der Waals surface area contributed by atoms with Crippen molar-refractivity contribution in [2.24, 2.45) is 0 Å². The van der Waals surface area contributed by atoms with E-state index in [9.17, 15) is 4.39 Å². The summed E-state index contributed by atoms with van der Waals surface area (Å²) in [6, 6.07) is 7.00. The molecular formula is C8H4ClFN2. The van der Waals surface area contributed by atoms with E-state index >= 15 is 0 Å². The molecular weight excluding hydrogens is 179 g/mol. The summed E-state index contributed by atoms with van der Waals surface area (Å²) in [6.45, 7) is 0. The Hall–Kier alpha value is -1.22. The van der Waals surface area contributed by atoms with Gasteiger partial charge in [0.2, 0.25) is 0 Å². The van der Waals surface area contributed by atoms with E-state index in [-0.39, 0.29) is 5.15 Å². The first-order chi connectivity index (χ1) is 5.77. The first-order valence-electron chi connectivity index (χ1n) is 3.35. The average molecular weight is 183 g/mol. The van der Waals surface area contributed by atoms with Gasteiger partial charge in [0.25, 0.3) is 0 Å². The Labute approximate surface area is 73.0 Å². The molecule has 0 saturated heterocycles. The number of rotatable bonds is 0. The Morgan fingerprint density at radius 1 is 1.17 bits per heavy atom. The number of hydrogen-bond acceptors (Lipinski definition) is 2. The summed E-state index contributed by atoms with van der Waals surface area (Å²) in [7, 11) is 0. The number of nitrogens with zero attached hydrogens (tertiary/aromatic N) is 2. The maximum Gasteiger partial charge on any atom is 0.310 e. The summed E-state index contributed by atoms with van der Waals surface area (Å²) in [5, 5.41) is 0.818. The standard InChI is InChI=1S/C8H4ClFN2/c9-7-5-3-1-2-4-6(5)11-8(10)12-7/h1-4H. The highest BCUT2D eigenvalue weighted by molar-refractivity contribution is 6.33. The van der Waals surface area contributed by atoms with Gasteiger partial charge in [-0.2, -0.15) is 9.37 Å². The third-order valence-electron chi connectivity index (χ3n) is 1.53. The van der Waals surface area contributed by atoms with Gasteiger partial charge in [-0.3, -0.25) is 0 Å². The minimum atomic E-state index is -0.793. The molecule has 0 aliphatic carbocycles. The molecule has 0 aliphatic heterocycles. The van der Waals surface area contributed by atoms with Crippen LogP contribution in [-0.4, -0.2) is 9.97 Å². The molecule has 12 heavy (non-hydrogen) atoms. The Balaban J connectivity index is 2.89. The van der Waals surface area contributed by atoms with Gasteiger partial charge < -0.3 is 0 Å². The molecule has 1 aromatic carbocycles. The molecule has 0 unspecified atom stereocenters. The second-order valence-corrected chi connectivity index (χ2v) is 2.66. The molecule has 0 atom stereocenters. The van der Waals surface area contributed by atoms with Crippen LogP contribution in [0.25, 0.3) is 10.9 Å². The number of fused-ring (bicyclic) bond motifs is 1. The number of halogens is 2. The average Bonchev–Trinajstić information content (AvgIpc) is 2.04. The van der Waals surface area contributed by atoms with E-state index in [1.165, 1.54) is 0 Å². The minimum absolute atomic E-state index is 0.151. The largest absolute Gasteiger partial charge is 0.310 e. The molecule has 0 radical (unpaired) electrons. The summed E-state index contributed by atoms with van der Waals surface area (Å²) in [4.78, 5) is 6.96. The lowest BCUT2D eigenvalue weighted by Gasteiger charge is -1.97. The highest BCUT2D eigenvalue weighted by Gasteiger charge is 2.02. The molecule has 0 saturated carbocycles. The SMILES string of the molecule is Fc1nc(Cl)c2ccccc2n1. The second kappa shape index (κ2) is 2.68. The number of hydrogen-bond donors (Lipinski definition) is 0. The zero-order valence-corrected chi connectivity index (χ0v) is 6.72. The van der Waals surface area contributed by atoms with Crippen LogP contribution < -0.4 is 0 Å². The third kappa shape index (κ3) is 1.12. The van der Waals surface area contributed by atoms with Crippen molar-refractivity contribution in [1.82, 2.24) is 9.97 Å². The summed E-state index contributed by atoms with van der Waals surface area (Å²) < 4.78 is 12.6. The number of para-hydroxylation sites is 1. The second-order valence-electron chi connectivity index (χ2n) is 2.30. The van der Waals surface area contributed by atoms with Gasteiger partial charge in [0, 0.05) is 5.39 Å². The van der Waals surface area contributed by atoms with Crippen LogP contribution in [0.3, 0.4) is 0 Å².